The first-order valence-corrected chi connectivity index (χ1v) is 8.83. The summed E-state index contributed by atoms with van der Waals surface area (Å²) in [6.07, 6.45) is 1.44. The predicted octanol–water partition coefficient (Wildman–Crippen LogP) is 3.87. The number of methoxy groups -OCH3 is 1. The Hall–Kier alpha value is -2.80. The lowest BCUT2D eigenvalue weighted by atomic mass is 10.1. The van der Waals surface area contributed by atoms with Gasteiger partial charge in [0.25, 0.3) is 11.5 Å². The molecule has 2 aromatic heterocycles. The average molecular weight is 390 g/mol. The molecule has 8 heteroatoms. The van der Waals surface area contributed by atoms with Gasteiger partial charge < -0.3 is 14.5 Å². The van der Waals surface area contributed by atoms with E-state index in [4.69, 9.17) is 20.8 Å². The topological polar surface area (TPSA) is 86.4 Å². The molecule has 7 nitrogen and oxygen atoms in total. The van der Waals surface area contributed by atoms with Crippen LogP contribution in [-0.2, 0) is 6.54 Å². The summed E-state index contributed by atoms with van der Waals surface area (Å²) in [5, 5.41) is 3.35. The van der Waals surface area contributed by atoms with Crippen molar-refractivity contribution in [3.05, 3.63) is 51.2 Å². The molecule has 1 N–H and O–H groups in total. The number of aromatic nitrogens is 2. The van der Waals surface area contributed by atoms with E-state index in [1.165, 1.54) is 18.0 Å². The van der Waals surface area contributed by atoms with Crippen LogP contribution in [0, 0.1) is 12.8 Å². The molecule has 3 rings (SSSR count). The van der Waals surface area contributed by atoms with Gasteiger partial charge in [0, 0.05) is 11.6 Å². The lowest BCUT2D eigenvalue weighted by Crippen LogP contribution is -2.24. The maximum atomic E-state index is 12.9. The van der Waals surface area contributed by atoms with Crippen molar-refractivity contribution in [3.63, 3.8) is 0 Å². The number of anilines is 1. The molecule has 0 aliphatic heterocycles. The summed E-state index contributed by atoms with van der Waals surface area (Å²) in [5.41, 5.74) is 0.382. The molecule has 2 heterocycles. The molecule has 0 fully saturated rings. The second kappa shape index (κ2) is 7.44. The Morgan fingerprint density at radius 3 is 2.81 bits per heavy atom. The van der Waals surface area contributed by atoms with Crippen molar-refractivity contribution in [2.45, 2.75) is 27.3 Å². The number of halogens is 1. The van der Waals surface area contributed by atoms with Gasteiger partial charge >= 0.3 is 0 Å². The van der Waals surface area contributed by atoms with Gasteiger partial charge in [0.15, 0.2) is 0 Å². The number of benzene rings is 1. The van der Waals surface area contributed by atoms with Crippen LogP contribution in [0.25, 0.3) is 11.1 Å². The van der Waals surface area contributed by atoms with Crippen molar-refractivity contribution in [2.75, 3.05) is 12.4 Å². The molecule has 1 amide bonds. The van der Waals surface area contributed by atoms with Crippen molar-refractivity contribution in [2.24, 2.45) is 5.92 Å². The van der Waals surface area contributed by atoms with Gasteiger partial charge in [0.2, 0.25) is 5.71 Å². The molecule has 0 atom stereocenters. The number of rotatable bonds is 5. The molecule has 0 aliphatic carbocycles. The number of amides is 1. The van der Waals surface area contributed by atoms with E-state index in [-0.39, 0.29) is 28.1 Å². The first kappa shape index (κ1) is 19.0. The molecule has 3 aromatic rings. The number of hydrogen-bond donors (Lipinski definition) is 1. The van der Waals surface area contributed by atoms with Crippen molar-refractivity contribution in [1.82, 2.24) is 9.55 Å². The highest BCUT2D eigenvalue weighted by atomic mass is 35.5. The van der Waals surface area contributed by atoms with Crippen LogP contribution in [0.4, 0.5) is 5.69 Å². The van der Waals surface area contributed by atoms with Crippen molar-refractivity contribution < 1.29 is 13.9 Å². The lowest BCUT2D eigenvalue weighted by Gasteiger charge is -2.11. The number of ether oxygens (including phenoxy) is 1. The molecular formula is C19H20ClN3O4. The van der Waals surface area contributed by atoms with Crippen LogP contribution >= 0.6 is 11.6 Å². The number of hydrogen-bond acceptors (Lipinski definition) is 5. The third-order valence-electron chi connectivity index (χ3n) is 4.05. The van der Waals surface area contributed by atoms with Gasteiger partial charge in [-0.25, -0.2) is 4.98 Å². The summed E-state index contributed by atoms with van der Waals surface area (Å²) in [6, 6.07) is 4.88. The van der Waals surface area contributed by atoms with E-state index in [2.05, 4.69) is 10.3 Å². The Bertz CT molecular complexity index is 1070. The van der Waals surface area contributed by atoms with Crippen LogP contribution in [0.2, 0.25) is 5.02 Å². The van der Waals surface area contributed by atoms with Gasteiger partial charge in [-0.3, -0.25) is 14.2 Å². The lowest BCUT2D eigenvalue weighted by molar-refractivity contribution is 0.102. The molecule has 1 aromatic carbocycles. The first-order valence-electron chi connectivity index (χ1n) is 8.45. The summed E-state index contributed by atoms with van der Waals surface area (Å²) >= 11 is 6.01. The van der Waals surface area contributed by atoms with E-state index in [0.717, 1.165) is 0 Å². The van der Waals surface area contributed by atoms with E-state index < -0.39 is 5.91 Å². The Labute approximate surface area is 160 Å². The summed E-state index contributed by atoms with van der Waals surface area (Å²) in [4.78, 5) is 30.0. The molecule has 0 saturated heterocycles. The molecule has 27 heavy (non-hydrogen) atoms. The third-order valence-corrected chi connectivity index (χ3v) is 4.29. The van der Waals surface area contributed by atoms with E-state index in [1.807, 2.05) is 13.8 Å². The second-order valence-corrected chi connectivity index (χ2v) is 7.04. The Morgan fingerprint density at radius 1 is 1.41 bits per heavy atom. The highest BCUT2D eigenvalue weighted by Crippen LogP contribution is 2.29. The quantitative estimate of drug-likeness (QED) is 0.715. The largest absolute Gasteiger partial charge is 0.495 e. The maximum absolute atomic E-state index is 12.9. The highest BCUT2D eigenvalue weighted by Gasteiger charge is 2.24. The number of aryl methyl sites for hydroxylation is 1. The minimum Gasteiger partial charge on any atom is -0.495 e. The SMILES string of the molecule is COc1ccc(Cl)cc1NC(=O)c1c(C)oc2ncn(CC(C)C)c(=O)c12. The normalized spacial score (nSPS) is 11.2. The fourth-order valence-electron chi connectivity index (χ4n) is 2.90. The molecule has 0 radical (unpaired) electrons. The Morgan fingerprint density at radius 2 is 2.15 bits per heavy atom. The number of nitrogens with zero attached hydrogens (tertiary/aromatic N) is 2. The molecule has 0 spiro atoms. The van der Waals surface area contributed by atoms with E-state index >= 15 is 0 Å². The van der Waals surface area contributed by atoms with Crippen molar-refractivity contribution in [1.29, 1.82) is 0 Å². The van der Waals surface area contributed by atoms with Crippen LogP contribution in [-0.4, -0.2) is 22.6 Å². The minimum atomic E-state index is -0.493. The Balaban J connectivity index is 2.08. The number of fused-ring (bicyclic) bond motifs is 1. The molecule has 0 saturated carbocycles. The zero-order valence-corrected chi connectivity index (χ0v) is 16.3. The standard InChI is InChI=1S/C19H20ClN3O4/c1-10(2)8-23-9-21-18-16(19(23)25)15(11(3)27-18)17(24)22-13-7-12(20)5-6-14(13)26-4/h5-7,9-10H,8H2,1-4H3,(H,22,24). The summed E-state index contributed by atoms with van der Waals surface area (Å²) < 4.78 is 12.3. The summed E-state index contributed by atoms with van der Waals surface area (Å²) in [7, 11) is 1.49. The smallest absolute Gasteiger partial charge is 0.265 e. The van der Waals surface area contributed by atoms with Crippen LogP contribution in [0.1, 0.15) is 30.0 Å². The van der Waals surface area contributed by atoms with Gasteiger partial charge in [-0.15, -0.1) is 0 Å². The van der Waals surface area contributed by atoms with Crippen LogP contribution in [0.5, 0.6) is 5.75 Å². The van der Waals surface area contributed by atoms with Gasteiger partial charge in [-0.1, -0.05) is 25.4 Å². The minimum absolute atomic E-state index is 0.140. The maximum Gasteiger partial charge on any atom is 0.265 e. The fraction of sp³-hybridized carbons (Fsp3) is 0.316. The number of carbonyl (C=O) groups is 1. The number of nitrogens with one attached hydrogen (secondary N) is 1. The zero-order chi connectivity index (χ0) is 19.7. The average Bonchev–Trinajstić information content (AvgIpc) is 2.94. The molecule has 0 bridgehead atoms. The van der Waals surface area contributed by atoms with Gasteiger partial charge in [0.1, 0.15) is 23.2 Å². The van der Waals surface area contributed by atoms with E-state index in [1.54, 1.807) is 25.1 Å². The van der Waals surface area contributed by atoms with E-state index in [0.29, 0.717) is 28.8 Å². The van der Waals surface area contributed by atoms with Gasteiger partial charge in [-0.05, 0) is 31.0 Å². The Kier molecular flexibility index (Phi) is 5.23. The van der Waals surface area contributed by atoms with Crippen LogP contribution in [0.15, 0.2) is 33.7 Å². The molecule has 0 unspecified atom stereocenters. The first-order chi connectivity index (χ1) is 12.8. The number of furan rings is 1. The summed E-state index contributed by atoms with van der Waals surface area (Å²) in [6.45, 7) is 6.11. The second-order valence-electron chi connectivity index (χ2n) is 6.61. The third kappa shape index (κ3) is 3.68. The van der Waals surface area contributed by atoms with Crippen LogP contribution < -0.4 is 15.6 Å². The van der Waals surface area contributed by atoms with E-state index in [9.17, 15) is 9.59 Å². The molecule has 0 aliphatic rings. The van der Waals surface area contributed by atoms with Crippen LogP contribution in [0.3, 0.4) is 0 Å². The number of carbonyl (C=O) groups excluding carboxylic acids is 1. The molecule has 142 valence electrons. The zero-order valence-electron chi connectivity index (χ0n) is 15.5. The monoisotopic (exact) mass is 389 g/mol. The van der Waals surface area contributed by atoms with Crippen molar-refractivity contribution >= 4 is 34.3 Å². The van der Waals surface area contributed by atoms with Gasteiger partial charge in [-0.2, -0.15) is 0 Å². The highest BCUT2D eigenvalue weighted by molar-refractivity contribution is 6.31. The van der Waals surface area contributed by atoms with Gasteiger partial charge in [0.05, 0.1) is 18.4 Å². The molecular weight excluding hydrogens is 370 g/mol. The predicted molar refractivity (Wildman–Crippen MR) is 104 cm³/mol. The fourth-order valence-corrected chi connectivity index (χ4v) is 3.07. The van der Waals surface area contributed by atoms with Crippen molar-refractivity contribution in [3.8, 4) is 5.75 Å². The summed E-state index contributed by atoms with van der Waals surface area (Å²) in [5.74, 6) is 0.528.